The fourth-order valence-electron chi connectivity index (χ4n) is 10.0. The van der Waals surface area contributed by atoms with Crippen LogP contribution in [0.3, 0.4) is 0 Å². The maximum atomic E-state index is 2.57. The van der Waals surface area contributed by atoms with Gasteiger partial charge in [-0.05, 0) is 120 Å². The van der Waals surface area contributed by atoms with Crippen LogP contribution < -0.4 is 4.90 Å². The summed E-state index contributed by atoms with van der Waals surface area (Å²) in [6, 6.07) is 66.9. The van der Waals surface area contributed by atoms with Crippen molar-refractivity contribution in [1.29, 1.82) is 0 Å². The minimum atomic E-state index is -0.0421. The van der Waals surface area contributed by atoms with Crippen LogP contribution in [0, 0.1) is 0 Å². The SMILES string of the molecule is C/C1=C/C(C)c2cc(C(C)(C)C)cc3c2c2c(cc(C(C)(C)C)cc2c2cc(-c4cccc5ccccc45)n(-c4ccccc4)c23)CN1c1ccccc1.CC.c1ccc2ccccc2c1. The van der Waals surface area contributed by atoms with Crippen molar-refractivity contribution < 1.29 is 0 Å². The number of fused-ring (bicyclic) bond motifs is 5. The summed E-state index contributed by atoms with van der Waals surface area (Å²) in [6.45, 7) is 23.6. The third-order valence-corrected chi connectivity index (χ3v) is 13.5. The molecule has 0 fully saturated rings. The smallest absolute Gasteiger partial charge is 0.0620 e. The third kappa shape index (κ3) is 8.19. The maximum absolute atomic E-state index is 2.57. The molecule has 1 atom stereocenters. The average molecular weight is 861 g/mol. The van der Waals surface area contributed by atoms with E-state index < -0.39 is 0 Å². The number of aromatic nitrogens is 1. The van der Waals surface area contributed by atoms with Gasteiger partial charge in [0.2, 0.25) is 0 Å². The summed E-state index contributed by atoms with van der Waals surface area (Å²) < 4.78 is 2.57. The highest BCUT2D eigenvalue weighted by atomic mass is 15.1. The topological polar surface area (TPSA) is 8.17 Å². The molecule has 2 nitrogen and oxygen atoms in total. The molecule has 1 aliphatic heterocycles. The standard InChI is InChI=1S/C52H50N2.C10H8.C2H6/c1-33-26-34(2)53(39-20-11-9-12-21-39)32-36-27-37(51(3,4)5)29-44-45-31-47(42-25-17-19-35-18-15-16-24-41(35)42)54(40-22-13-10-14-23-40)50(45)46-30-38(52(6,7)8)28-43(33)49(46)48(36)44;1-2-6-10-8-4-3-7-9(10)5-1;1-2/h9-31,33H,32H2,1-8H3;1-8H;1-2H3/b34-26-;;. The van der Waals surface area contributed by atoms with Gasteiger partial charge in [-0.15, -0.1) is 0 Å². The van der Waals surface area contributed by atoms with Gasteiger partial charge in [0.05, 0.1) is 11.2 Å². The van der Waals surface area contributed by atoms with Crippen molar-refractivity contribution in [2.45, 2.75) is 92.5 Å². The monoisotopic (exact) mass is 861 g/mol. The maximum Gasteiger partial charge on any atom is 0.0620 e. The van der Waals surface area contributed by atoms with Gasteiger partial charge in [0.25, 0.3) is 0 Å². The molecule has 0 saturated heterocycles. The van der Waals surface area contributed by atoms with E-state index in [9.17, 15) is 0 Å². The molecular formula is C64H64N2. The van der Waals surface area contributed by atoms with E-state index >= 15 is 0 Å². The average Bonchev–Trinajstić information content (AvgIpc) is 3.75. The molecule has 11 rings (SSSR count). The van der Waals surface area contributed by atoms with E-state index in [0.717, 1.165) is 6.54 Å². The molecule has 1 aliphatic rings. The zero-order valence-electron chi connectivity index (χ0n) is 40.6. The Morgan fingerprint density at radius 2 is 0.985 bits per heavy atom. The Hall–Kier alpha value is -6.90. The summed E-state index contributed by atoms with van der Waals surface area (Å²) in [5.41, 5.74) is 12.8. The molecule has 0 aliphatic carbocycles. The van der Waals surface area contributed by atoms with Gasteiger partial charge in [0.15, 0.2) is 0 Å². The first kappa shape index (κ1) is 44.3. The van der Waals surface area contributed by atoms with Gasteiger partial charge in [-0.2, -0.15) is 0 Å². The summed E-state index contributed by atoms with van der Waals surface area (Å²) in [6.07, 6.45) is 2.50. The molecule has 0 bridgehead atoms. The molecule has 1 aromatic heterocycles. The molecule has 2 heterocycles. The molecule has 0 spiro atoms. The number of hydrogen-bond donors (Lipinski definition) is 0. The third-order valence-electron chi connectivity index (χ3n) is 13.5. The normalized spacial score (nSPS) is 14.8. The van der Waals surface area contributed by atoms with Gasteiger partial charge in [-0.1, -0.05) is 208 Å². The molecule has 330 valence electrons. The Kier molecular flexibility index (Phi) is 12.0. The number of para-hydroxylation sites is 2. The summed E-state index contributed by atoms with van der Waals surface area (Å²) in [5.74, 6) is 0.188. The Labute approximate surface area is 392 Å². The molecule has 66 heavy (non-hydrogen) atoms. The predicted molar refractivity (Wildman–Crippen MR) is 289 cm³/mol. The Balaban J connectivity index is 0.000000398. The highest BCUT2D eigenvalue weighted by Gasteiger charge is 2.29. The Morgan fingerprint density at radius 3 is 1.59 bits per heavy atom. The van der Waals surface area contributed by atoms with Crippen LogP contribution in [0.15, 0.2) is 194 Å². The lowest BCUT2D eigenvalue weighted by atomic mass is 9.79. The molecule has 9 aromatic carbocycles. The van der Waals surface area contributed by atoms with E-state index in [2.05, 4.69) is 253 Å². The van der Waals surface area contributed by atoms with Gasteiger partial charge >= 0.3 is 0 Å². The summed E-state index contributed by atoms with van der Waals surface area (Å²) in [4.78, 5) is 2.53. The fraction of sp³-hybridized carbons (Fsp3) is 0.219. The molecule has 0 amide bonds. The Bertz CT molecular complexity index is 3320. The van der Waals surface area contributed by atoms with Crippen molar-refractivity contribution in [1.82, 2.24) is 4.57 Å². The Morgan fingerprint density at radius 1 is 0.470 bits per heavy atom. The van der Waals surface area contributed by atoms with Gasteiger partial charge in [-0.3, -0.25) is 0 Å². The second-order valence-corrected chi connectivity index (χ2v) is 19.9. The number of rotatable bonds is 3. The van der Waals surface area contributed by atoms with E-state index in [1.54, 1.807) is 0 Å². The van der Waals surface area contributed by atoms with Crippen molar-refractivity contribution in [2.24, 2.45) is 0 Å². The van der Waals surface area contributed by atoms with Crippen LogP contribution in [-0.2, 0) is 17.4 Å². The van der Waals surface area contributed by atoms with Crippen molar-refractivity contribution in [2.75, 3.05) is 4.90 Å². The number of nitrogens with zero attached hydrogens (tertiary/aromatic N) is 2. The number of allylic oxidation sites excluding steroid dienone is 2. The van der Waals surface area contributed by atoms with E-state index in [-0.39, 0.29) is 16.7 Å². The van der Waals surface area contributed by atoms with Crippen molar-refractivity contribution >= 4 is 59.7 Å². The lowest BCUT2D eigenvalue weighted by Crippen LogP contribution is -2.21. The van der Waals surface area contributed by atoms with Gasteiger partial charge < -0.3 is 9.47 Å². The molecule has 1 unspecified atom stereocenters. The van der Waals surface area contributed by atoms with Crippen LogP contribution >= 0.6 is 0 Å². The van der Waals surface area contributed by atoms with Crippen LogP contribution in [0.4, 0.5) is 5.69 Å². The first-order chi connectivity index (χ1) is 31.8. The van der Waals surface area contributed by atoms with Crippen molar-refractivity contribution in [3.05, 3.63) is 216 Å². The first-order valence-corrected chi connectivity index (χ1v) is 24.0. The van der Waals surface area contributed by atoms with Crippen LogP contribution in [0.1, 0.15) is 97.4 Å². The minimum absolute atomic E-state index is 0.0412. The molecule has 2 heteroatoms. The zero-order valence-corrected chi connectivity index (χ0v) is 40.6. The highest BCUT2D eigenvalue weighted by Crippen LogP contribution is 2.49. The minimum Gasteiger partial charge on any atom is -0.341 e. The second kappa shape index (κ2) is 17.8. The molecule has 0 radical (unpaired) electrons. The molecule has 0 saturated carbocycles. The number of hydrogen-bond acceptors (Lipinski definition) is 1. The van der Waals surface area contributed by atoms with Gasteiger partial charge in [0.1, 0.15) is 0 Å². The van der Waals surface area contributed by atoms with Crippen LogP contribution in [-0.4, -0.2) is 4.57 Å². The van der Waals surface area contributed by atoms with E-state index in [0.29, 0.717) is 0 Å². The quantitative estimate of drug-likeness (QED) is 0.161. The van der Waals surface area contributed by atoms with E-state index in [4.69, 9.17) is 0 Å². The van der Waals surface area contributed by atoms with Gasteiger partial charge in [-0.25, -0.2) is 0 Å². The summed E-state index contributed by atoms with van der Waals surface area (Å²) in [5, 5.41) is 11.9. The van der Waals surface area contributed by atoms with Gasteiger partial charge in [0, 0.05) is 45.9 Å². The second-order valence-electron chi connectivity index (χ2n) is 19.9. The van der Waals surface area contributed by atoms with Crippen molar-refractivity contribution in [3.8, 4) is 16.9 Å². The van der Waals surface area contributed by atoms with E-state index in [1.807, 2.05) is 13.8 Å². The predicted octanol–water partition coefficient (Wildman–Crippen LogP) is 18.2. The molecule has 10 aromatic rings. The van der Waals surface area contributed by atoms with Crippen molar-refractivity contribution in [3.63, 3.8) is 0 Å². The summed E-state index contributed by atoms with van der Waals surface area (Å²) >= 11 is 0. The number of benzene rings is 9. The van der Waals surface area contributed by atoms with Crippen LogP contribution in [0.2, 0.25) is 0 Å². The highest BCUT2D eigenvalue weighted by molar-refractivity contribution is 6.28. The van der Waals surface area contributed by atoms with Crippen LogP contribution in [0.25, 0.3) is 70.9 Å². The summed E-state index contributed by atoms with van der Waals surface area (Å²) in [7, 11) is 0. The fourth-order valence-corrected chi connectivity index (χ4v) is 10.0. The molecular weight excluding hydrogens is 797 g/mol. The first-order valence-electron chi connectivity index (χ1n) is 24.0. The zero-order chi connectivity index (χ0) is 46.3. The lowest BCUT2D eigenvalue weighted by molar-refractivity contribution is 0.589. The largest absolute Gasteiger partial charge is 0.341 e. The molecule has 0 N–H and O–H groups in total. The van der Waals surface area contributed by atoms with E-state index in [1.165, 1.54) is 105 Å². The lowest BCUT2D eigenvalue weighted by Gasteiger charge is -2.28. The number of anilines is 1. The van der Waals surface area contributed by atoms with Crippen LogP contribution in [0.5, 0.6) is 0 Å².